The maximum Gasteiger partial charge on any atom is 0.330 e. The van der Waals surface area contributed by atoms with Gasteiger partial charge in [-0.2, -0.15) is 0 Å². The van der Waals surface area contributed by atoms with Gasteiger partial charge in [0.2, 0.25) is 0 Å². The molecular weight excluding hydrogens is 300 g/mol. The lowest BCUT2D eigenvalue weighted by Gasteiger charge is -2.09. The van der Waals surface area contributed by atoms with Gasteiger partial charge in [-0.05, 0) is 72.3 Å². The summed E-state index contributed by atoms with van der Waals surface area (Å²) in [5, 5.41) is 10.1. The molecule has 136 valence electrons. The van der Waals surface area contributed by atoms with Gasteiger partial charge in [0.25, 0.3) is 0 Å². The molecule has 0 aromatic rings. The van der Waals surface area contributed by atoms with Crippen molar-refractivity contribution < 1.29 is 14.6 Å². The third-order valence-corrected chi connectivity index (χ3v) is 3.88. The molecule has 0 aromatic heterocycles. The molecular formula is C21H34O3. The predicted molar refractivity (Wildman–Crippen MR) is 102 cm³/mol. The third-order valence-electron chi connectivity index (χ3n) is 3.88. The number of hydrogen-bond acceptors (Lipinski definition) is 3. The van der Waals surface area contributed by atoms with Crippen molar-refractivity contribution in [3.63, 3.8) is 0 Å². The van der Waals surface area contributed by atoms with Crippen molar-refractivity contribution in [1.82, 2.24) is 0 Å². The van der Waals surface area contributed by atoms with Gasteiger partial charge in [-0.3, -0.25) is 0 Å². The second kappa shape index (κ2) is 12.8. The van der Waals surface area contributed by atoms with Crippen LogP contribution in [0.4, 0.5) is 0 Å². The number of carbonyl (C=O) groups is 1. The molecule has 0 unspecified atom stereocenters. The van der Waals surface area contributed by atoms with Crippen LogP contribution < -0.4 is 0 Å². The van der Waals surface area contributed by atoms with E-state index in [2.05, 4.69) is 29.9 Å². The van der Waals surface area contributed by atoms with Crippen LogP contribution in [0.5, 0.6) is 0 Å². The quantitative estimate of drug-likeness (QED) is 0.336. The number of aliphatic hydroxyl groups excluding tert-OH is 1. The summed E-state index contributed by atoms with van der Waals surface area (Å²) < 4.78 is 4.61. The van der Waals surface area contributed by atoms with E-state index in [0.29, 0.717) is 6.42 Å². The molecule has 1 atom stereocenters. The van der Waals surface area contributed by atoms with Gasteiger partial charge in [0.1, 0.15) is 0 Å². The highest BCUT2D eigenvalue weighted by atomic mass is 16.5. The molecule has 0 bridgehead atoms. The van der Waals surface area contributed by atoms with Gasteiger partial charge in [0.05, 0.1) is 13.2 Å². The first-order valence-corrected chi connectivity index (χ1v) is 8.65. The molecule has 0 saturated carbocycles. The van der Waals surface area contributed by atoms with E-state index in [4.69, 9.17) is 0 Å². The van der Waals surface area contributed by atoms with Crippen LogP contribution in [0.15, 0.2) is 46.6 Å². The van der Waals surface area contributed by atoms with Crippen LogP contribution in [-0.2, 0) is 9.53 Å². The third kappa shape index (κ3) is 11.9. The highest BCUT2D eigenvalue weighted by Gasteiger charge is 2.03. The Morgan fingerprint density at radius 1 is 0.958 bits per heavy atom. The van der Waals surface area contributed by atoms with Crippen molar-refractivity contribution in [3.8, 4) is 0 Å². The Labute approximate surface area is 147 Å². The van der Waals surface area contributed by atoms with Crippen LogP contribution in [0.2, 0.25) is 0 Å². The van der Waals surface area contributed by atoms with Crippen LogP contribution in [-0.4, -0.2) is 24.3 Å². The van der Waals surface area contributed by atoms with Crippen molar-refractivity contribution in [2.75, 3.05) is 7.11 Å². The standard InChI is InChI=1S/C21H34O3/c1-16(2)13-14-20(22)19(5)12-8-10-17(3)9-7-11-18(4)15-21(23)24-6/h9,12-13,15,20,22H,7-8,10-11,14H2,1-6H3/b17-9+,18-15+,19-12+/t20-/m0/s1. The fourth-order valence-corrected chi connectivity index (χ4v) is 2.18. The van der Waals surface area contributed by atoms with Crippen molar-refractivity contribution in [1.29, 1.82) is 0 Å². The van der Waals surface area contributed by atoms with E-state index < -0.39 is 0 Å². The fourth-order valence-electron chi connectivity index (χ4n) is 2.18. The molecule has 3 nitrogen and oxygen atoms in total. The molecule has 0 heterocycles. The maximum atomic E-state index is 11.1. The highest BCUT2D eigenvalue weighted by Crippen LogP contribution is 2.14. The number of aliphatic hydroxyl groups is 1. The monoisotopic (exact) mass is 334 g/mol. The molecule has 0 aromatic carbocycles. The second-order valence-corrected chi connectivity index (χ2v) is 6.62. The fraction of sp³-hybridized carbons (Fsp3) is 0.571. The lowest BCUT2D eigenvalue weighted by Crippen LogP contribution is -2.06. The van der Waals surface area contributed by atoms with Crippen LogP contribution in [0.1, 0.15) is 66.7 Å². The second-order valence-electron chi connectivity index (χ2n) is 6.62. The van der Waals surface area contributed by atoms with Gasteiger partial charge < -0.3 is 9.84 Å². The molecule has 0 fully saturated rings. The Hall–Kier alpha value is -1.61. The van der Waals surface area contributed by atoms with E-state index >= 15 is 0 Å². The summed E-state index contributed by atoms with van der Waals surface area (Å²) in [6.45, 7) is 10.1. The normalized spacial score (nSPS) is 14.4. The topological polar surface area (TPSA) is 46.5 Å². The zero-order valence-corrected chi connectivity index (χ0v) is 16.2. The van der Waals surface area contributed by atoms with E-state index in [1.54, 1.807) is 6.08 Å². The highest BCUT2D eigenvalue weighted by molar-refractivity contribution is 5.82. The summed E-state index contributed by atoms with van der Waals surface area (Å²) in [5.74, 6) is -0.291. The Balaban J connectivity index is 4.22. The lowest BCUT2D eigenvalue weighted by molar-refractivity contribution is -0.134. The molecule has 0 spiro atoms. The van der Waals surface area contributed by atoms with Crippen molar-refractivity contribution in [2.45, 2.75) is 72.8 Å². The first kappa shape index (κ1) is 22.4. The zero-order valence-electron chi connectivity index (χ0n) is 16.2. The minimum atomic E-state index is -0.379. The first-order chi connectivity index (χ1) is 11.3. The SMILES string of the molecule is COC(=O)/C=C(\C)CC/C=C(\C)CC/C=C(\C)[C@@H](O)CC=C(C)C. The van der Waals surface area contributed by atoms with Crippen LogP contribution in [0.25, 0.3) is 0 Å². The molecule has 0 rings (SSSR count). The van der Waals surface area contributed by atoms with Crippen LogP contribution in [0, 0.1) is 0 Å². The number of carbonyl (C=O) groups excluding carboxylic acids is 1. The smallest absolute Gasteiger partial charge is 0.330 e. The van der Waals surface area contributed by atoms with E-state index in [-0.39, 0.29) is 12.1 Å². The molecule has 0 radical (unpaired) electrons. The minimum absolute atomic E-state index is 0.291. The van der Waals surface area contributed by atoms with Crippen LogP contribution in [0.3, 0.4) is 0 Å². The van der Waals surface area contributed by atoms with E-state index in [1.165, 1.54) is 18.3 Å². The van der Waals surface area contributed by atoms with Crippen molar-refractivity contribution >= 4 is 5.97 Å². The molecule has 0 amide bonds. The van der Waals surface area contributed by atoms with Crippen LogP contribution >= 0.6 is 0 Å². The Morgan fingerprint density at radius 2 is 1.54 bits per heavy atom. The number of ether oxygens (including phenoxy) is 1. The Bertz CT molecular complexity index is 503. The molecule has 0 saturated heterocycles. The zero-order chi connectivity index (χ0) is 18.5. The number of rotatable bonds is 10. The Kier molecular flexibility index (Phi) is 11.9. The van der Waals surface area contributed by atoms with Gasteiger partial charge in [0.15, 0.2) is 0 Å². The molecule has 1 N–H and O–H groups in total. The molecule has 24 heavy (non-hydrogen) atoms. The van der Waals surface area contributed by atoms with Gasteiger partial charge >= 0.3 is 5.97 Å². The first-order valence-electron chi connectivity index (χ1n) is 8.65. The summed E-state index contributed by atoms with van der Waals surface area (Å²) >= 11 is 0. The van der Waals surface area contributed by atoms with Crippen molar-refractivity contribution in [2.24, 2.45) is 0 Å². The summed E-state index contributed by atoms with van der Waals surface area (Å²) in [4.78, 5) is 11.1. The summed E-state index contributed by atoms with van der Waals surface area (Å²) in [6, 6.07) is 0. The van der Waals surface area contributed by atoms with Gasteiger partial charge in [0, 0.05) is 6.08 Å². The van der Waals surface area contributed by atoms with Gasteiger partial charge in [-0.25, -0.2) is 4.79 Å². The van der Waals surface area contributed by atoms with E-state index in [0.717, 1.165) is 36.8 Å². The number of allylic oxidation sites excluding steroid dienone is 5. The average molecular weight is 335 g/mol. The number of methoxy groups -OCH3 is 1. The summed E-state index contributed by atoms with van der Waals surface area (Å²) in [5.41, 5.74) is 4.64. The number of esters is 1. The average Bonchev–Trinajstić information content (AvgIpc) is 2.52. The lowest BCUT2D eigenvalue weighted by atomic mass is 10.0. The summed E-state index contributed by atoms with van der Waals surface area (Å²) in [6.07, 6.45) is 12.0. The predicted octanol–water partition coefficient (Wildman–Crippen LogP) is 5.28. The van der Waals surface area contributed by atoms with Crippen molar-refractivity contribution in [3.05, 3.63) is 46.6 Å². The van der Waals surface area contributed by atoms with E-state index in [9.17, 15) is 9.90 Å². The molecule has 0 aliphatic heterocycles. The Morgan fingerprint density at radius 3 is 2.12 bits per heavy atom. The maximum absolute atomic E-state index is 11.1. The molecule has 0 aliphatic rings. The van der Waals surface area contributed by atoms with Gasteiger partial charge in [-0.1, -0.05) is 34.9 Å². The van der Waals surface area contributed by atoms with E-state index in [1.807, 2.05) is 27.7 Å². The molecule has 0 aliphatic carbocycles. The minimum Gasteiger partial charge on any atom is -0.466 e. The number of hydrogen-bond donors (Lipinski definition) is 1. The largest absolute Gasteiger partial charge is 0.466 e. The van der Waals surface area contributed by atoms with Gasteiger partial charge in [-0.15, -0.1) is 0 Å². The summed E-state index contributed by atoms with van der Waals surface area (Å²) in [7, 11) is 1.39. The molecule has 3 heteroatoms.